The molecule has 0 bridgehead atoms. The van der Waals surface area contributed by atoms with Crippen LogP contribution in [0.4, 0.5) is 11.4 Å². The van der Waals surface area contributed by atoms with Gasteiger partial charge in [0.05, 0.1) is 4.92 Å². The van der Waals surface area contributed by atoms with Crippen molar-refractivity contribution in [1.82, 2.24) is 0 Å². The van der Waals surface area contributed by atoms with Crippen LogP contribution in [0.15, 0.2) is 29.8 Å². The first-order valence-electron chi connectivity index (χ1n) is 5.10. The number of nitriles is 1. The Balaban J connectivity index is 2.88. The Kier molecular flexibility index (Phi) is 4.23. The lowest BCUT2D eigenvalue weighted by atomic mass is 10.1. The maximum atomic E-state index is 10.6. The molecule has 0 heterocycles. The lowest BCUT2D eigenvalue weighted by Gasteiger charge is -2.04. The molecule has 88 valence electrons. The molecule has 1 rings (SSSR count). The zero-order valence-electron chi connectivity index (χ0n) is 9.73. The number of nitro groups is 1. The molecule has 0 aliphatic carbocycles. The Morgan fingerprint density at radius 2 is 2.29 bits per heavy atom. The van der Waals surface area contributed by atoms with Gasteiger partial charge in [0.15, 0.2) is 0 Å². The molecule has 1 aromatic rings. The van der Waals surface area contributed by atoms with Crippen molar-refractivity contribution >= 4 is 11.4 Å². The first kappa shape index (κ1) is 12.7. The second-order valence-corrected chi connectivity index (χ2v) is 3.76. The van der Waals surface area contributed by atoms with Gasteiger partial charge in [0.25, 0.3) is 5.69 Å². The molecule has 0 amide bonds. The SMILES string of the molecule is CC(C)=CCNc1ccc([N+](=O)[O-])c(C#N)c1. The Hall–Kier alpha value is -2.35. The third kappa shape index (κ3) is 3.61. The third-order valence-electron chi connectivity index (χ3n) is 2.13. The summed E-state index contributed by atoms with van der Waals surface area (Å²) in [5.41, 5.74) is 1.78. The van der Waals surface area contributed by atoms with Crippen molar-refractivity contribution in [1.29, 1.82) is 5.26 Å². The van der Waals surface area contributed by atoms with Crippen LogP contribution < -0.4 is 5.32 Å². The molecule has 0 aliphatic heterocycles. The number of benzene rings is 1. The number of nitrogens with one attached hydrogen (secondary N) is 1. The van der Waals surface area contributed by atoms with E-state index < -0.39 is 4.92 Å². The summed E-state index contributed by atoms with van der Waals surface area (Å²) in [6.07, 6.45) is 1.99. The first-order chi connectivity index (χ1) is 8.04. The van der Waals surface area contributed by atoms with Crippen molar-refractivity contribution in [2.75, 3.05) is 11.9 Å². The molecule has 0 aliphatic rings. The maximum absolute atomic E-state index is 10.6. The fraction of sp³-hybridized carbons (Fsp3) is 0.250. The summed E-state index contributed by atoms with van der Waals surface area (Å²) in [7, 11) is 0. The summed E-state index contributed by atoms with van der Waals surface area (Å²) < 4.78 is 0. The van der Waals surface area contributed by atoms with Crippen LogP contribution >= 0.6 is 0 Å². The number of hydrogen-bond donors (Lipinski definition) is 1. The maximum Gasteiger partial charge on any atom is 0.287 e. The summed E-state index contributed by atoms with van der Waals surface area (Å²) in [4.78, 5) is 10.1. The van der Waals surface area contributed by atoms with E-state index in [0.29, 0.717) is 12.2 Å². The van der Waals surface area contributed by atoms with Crippen LogP contribution in [-0.4, -0.2) is 11.5 Å². The van der Waals surface area contributed by atoms with Gasteiger partial charge in [-0.3, -0.25) is 10.1 Å². The first-order valence-corrected chi connectivity index (χ1v) is 5.10. The van der Waals surface area contributed by atoms with Gasteiger partial charge in [-0.15, -0.1) is 0 Å². The van der Waals surface area contributed by atoms with Crippen molar-refractivity contribution in [3.05, 3.63) is 45.5 Å². The molecule has 0 radical (unpaired) electrons. The summed E-state index contributed by atoms with van der Waals surface area (Å²) in [6.45, 7) is 4.60. The predicted octanol–water partition coefficient (Wildman–Crippen LogP) is 2.84. The van der Waals surface area contributed by atoms with E-state index in [4.69, 9.17) is 5.26 Å². The zero-order valence-corrected chi connectivity index (χ0v) is 9.73. The minimum absolute atomic E-state index is 0.0669. The van der Waals surface area contributed by atoms with E-state index in [9.17, 15) is 10.1 Å². The van der Waals surface area contributed by atoms with Crippen LogP contribution in [-0.2, 0) is 0 Å². The smallest absolute Gasteiger partial charge is 0.287 e. The molecule has 0 fully saturated rings. The zero-order chi connectivity index (χ0) is 12.8. The molecular formula is C12H13N3O2. The van der Waals surface area contributed by atoms with E-state index in [0.717, 1.165) is 0 Å². The molecule has 17 heavy (non-hydrogen) atoms. The number of rotatable bonds is 4. The molecule has 0 aromatic heterocycles. The summed E-state index contributed by atoms with van der Waals surface area (Å²) in [5.74, 6) is 0. The molecule has 1 aromatic carbocycles. The van der Waals surface area contributed by atoms with Crippen LogP contribution in [0.1, 0.15) is 19.4 Å². The van der Waals surface area contributed by atoms with Crippen LogP contribution in [0, 0.1) is 21.4 Å². The summed E-state index contributed by atoms with van der Waals surface area (Å²) >= 11 is 0. The Morgan fingerprint density at radius 1 is 1.59 bits per heavy atom. The van der Waals surface area contributed by atoms with Crippen molar-refractivity contribution in [3.63, 3.8) is 0 Å². The molecule has 5 heteroatoms. The molecule has 0 spiro atoms. The number of allylic oxidation sites excluding steroid dienone is 1. The van der Waals surface area contributed by atoms with Crippen LogP contribution in [0.3, 0.4) is 0 Å². The van der Waals surface area contributed by atoms with Crippen LogP contribution in [0.25, 0.3) is 0 Å². The van der Waals surface area contributed by atoms with E-state index in [-0.39, 0.29) is 11.3 Å². The molecule has 1 N–H and O–H groups in total. The highest BCUT2D eigenvalue weighted by molar-refractivity contribution is 5.58. The highest BCUT2D eigenvalue weighted by atomic mass is 16.6. The minimum Gasteiger partial charge on any atom is -0.382 e. The number of nitro benzene ring substituents is 1. The Labute approximate surface area is 99.5 Å². The van der Waals surface area contributed by atoms with Gasteiger partial charge in [-0.2, -0.15) is 5.26 Å². The fourth-order valence-electron chi connectivity index (χ4n) is 1.27. The van der Waals surface area contributed by atoms with Crippen molar-refractivity contribution in [2.24, 2.45) is 0 Å². The average Bonchev–Trinajstić information content (AvgIpc) is 2.28. The Bertz CT molecular complexity index is 497. The average molecular weight is 231 g/mol. The van der Waals surface area contributed by atoms with Gasteiger partial charge in [0.1, 0.15) is 11.6 Å². The standard InChI is InChI=1S/C12H13N3O2/c1-9(2)5-6-14-11-3-4-12(15(16)17)10(7-11)8-13/h3-5,7,14H,6H2,1-2H3. The molecular weight excluding hydrogens is 218 g/mol. The van der Waals surface area contributed by atoms with Gasteiger partial charge in [-0.05, 0) is 26.0 Å². The second-order valence-electron chi connectivity index (χ2n) is 3.76. The lowest BCUT2D eigenvalue weighted by molar-refractivity contribution is -0.385. The van der Waals surface area contributed by atoms with E-state index in [1.54, 1.807) is 6.07 Å². The van der Waals surface area contributed by atoms with Gasteiger partial charge in [0, 0.05) is 18.3 Å². The number of hydrogen-bond acceptors (Lipinski definition) is 4. The van der Waals surface area contributed by atoms with Crippen molar-refractivity contribution in [3.8, 4) is 6.07 Å². The minimum atomic E-state index is -0.557. The normalized spacial score (nSPS) is 9.24. The van der Waals surface area contributed by atoms with Gasteiger partial charge in [0.2, 0.25) is 0 Å². The second kappa shape index (κ2) is 5.66. The molecule has 0 unspecified atom stereocenters. The largest absolute Gasteiger partial charge is 0.382 e. The highest BCUT2D eigenvalue weighted by Gasteiger charge is 2.13. The predicted molar refractivity (Wildman–Crippen MR) is 65.7 cm³/mol. The summed E-state index contributed by atoms with van der Waals surface area (Å²) in [6, 6.07) is 6.23. The van der Waals surface area contributed by atoms with Crippen LogP contribution in [0.5, 0.6) is 0 Å². The van der Waals surface area contributed by atoms with E-state index >= 15 is 0 Å². The van der Waals surface area contributed by atoms with Gasteiger partial charge in [-0.25, -0.2) is 0 Å². The molecule has 0 saturated carbocycles. The van der Waals surface area contributed by atoms with E-state index in [1.165, 1.54) is 17.7 Å². The Morgan fingerprint density at radius 3 is 2.82 bits per heavy atom. The lowest BCUT2D eigenvalue weighted by Crippen LogP contribution is -2.00. The molecule has 0 saturated heterocycles. The van der Waals surface area contributed by atoms with Gasteiger partial charge in [-0.1, -0.05) is 11.6 Å². The highest BCUT2D eigenvalue weighted by Crippen LogP contribution is 2.21. The van der Waals surface area contributed by atoms with Gasteiger partial charge >= 0.3 is 0 Å². The fourth-order valence-corrected chi connectivity index (χ4v) is 1.27. The summed E-state index contributed by atoms with van der Waals surface area (Å²) in [5, 5.41) is 22.5. The topological polar surface area (TPSA) is 79.0 Å². The van der Waals surface area contributed by atoms with Crippen molar-refractivity contribution in [2.45, 2.75) is 13.8 Å². The monoisotopic (exact) mass is 231 g/mol. The van der Waals surface area contributed by atoms with Crippen LogP contribution in [0.2, 0.25) is 0 Å². The number of anilines is 1. The molecule has 5 nitrogen and oxygen atoms in total. The quantitative estimate of drug-likeness (QED) is 0.491. The third-order valence-corrected chi connectivity index (χ3v) is 2.13. The van der Waals surface area contributed by atoms with Crippen molar-refractivity contribution < 1.29 is 4.92 Å². The van der Waals surface area contributed by atoms with E-state index in [1.807, 2.05) is 26.0 Å². The van der Waals surface area contributed by atoms with Gasteiger partial charge < -0.3 is 5.32 Å². The molecule has 0 atom stereocenters. The van der Waals surface area contributed by atoms with E-state index in [2.05, 4.69) is 5.32 Å². The number of nitrogens with zero attached hydrogens (tertiary/aromatic N) is 2.